The van der Waals surface area contributed by atoms with E-state index in [0.29, 0.717) is 19.6 Å². The van der Waals surface area contributed by atoms with Crippen LogP contribution in [0.1, 0.15) is 39.5 Å². The van der Waals surface area contributed by atoms with Crippen molar-refractivity contribution in [2.75, 3.05) is 13.2 Å². The first-order chi connectivity index (χ1) is 9.81. The van der Waals surface area contributed by atoms with E-state index in [1.165, 1.54) is 4.90 Å². The number of likely N-dealkylation sites (tertiary alicyclic amines) is 1. The Hall–Kier alpha value is -1.14. The van der Waals surface area contributed by atoms with Crippen molar-refractivity contribution in [3.8, 4) is 0 Å². The number of aliphatic carboxylic acids is 1. The summed E-state index contributed by atoms with van der Waals surface area (Å²) in [7, 11) is 0. The van der Waals surface area contributed by atoms with Gasteiger partial charge in [0.25, 0.3) is 0 Å². The Morgan fingerprint density at radius 3 is 2.67 bits per heavy atom. The second kappa shape index (κ2) is 4.68. The molecule has 0 aromatic rings. The number of carboxylic acids is 1. The van der Waals surface area contributed by atoms with E-state index in [4.69, 9.17) is 10.5 Å². The number of carboxylic acid groups (broad SMARTS) is 1. The molecule has 6 nitrogen and oxygen atoms in total. The zero-order chi connectivity index (χ0) is 15.4. The summed E-state index contributed by atoms with van der Waals surface area (Å²) in [4.78, 5) is 26.0. The standard InChI is InChI=1S/C15H24N2O4/c1-14(2)11-9(6-8-21-11)15(14,16)13(20)17-7-4-3-5-10(17)12(18)19/h9-11H,3-8,16H2,1-2H3,(H,18,19)/t9?,10-,11?,15?/m1/s1. The lowest BCUT2D eigenvalue weighted by Gasteiger charge is -2.62. The fourth-order valence-corrected chi connectivity index (χ4v) is 4.49. The van der Waals surface area contributed by atoms with Crippen molar-refractivity contribution < 1.29 is 19.4 Å². The minimum absolute atomic E-state index is 0.0105. The van der Waals surface area contributed by atoms with Gasteiger partial charge in [0.15, 0.2) is 0 Å². The van der Waals surface area contributed by atoms with Crippen LogP contribution in [-0.4, -0.2) is 52.7 Å². The molecule has 3 aliphatic rings. The number of amides is 1. The van der Waals surface area contributed by atoms with Crippen molar-refractivity contribution in [2.45, 2.75) is 57.2 Å². The number of ether oxygens (including phenoxy) is 1. The summed E-state index contributed by atoms with van der Waals surface area (Å²) in [5, 5.41) is 9.37. The summed E-state index contributed by atoms with van der Waals surface area (Å²) >= 11 is 0. The molecule has 3 N–H and O–H groups in total. The van der Waals surface area contributed by atoms with Crippen LogP contribution in [0.5, 0.6) is 0 Å². The Balaban J connectivity index is 1.88. The molecule has 21 heavy (non-hydrogen) atoms. The van der Waals surface area contributed by atoms with Crippen LogP contribution in [0.15, 0.2) is 0 Å². The first-order valence-electron chi connectivity index (χ1n) is 7.76. The molecule has 2 aliphatic heterocycles. The average Bonchev–Trinajstić information content (AvgIpc) is 2.94. The molecule has 6 heteroatoms. The van der Waals surface area contributed by atoms with Gasteiger partial charge in [0.2, 0.25) is 5.91 Å². The molecule has 1 aliphatic carbocycles. The van der Waals surface area contributed by atoms with Crippen molar-refractivity contribution in [1.29, 1.82) is 0 Å². The molecule has 4 atom stereocenters. The lowest BCUT2D eigenvalue weighted by atomic mass is 9.47. The van der Waals surface area contributed by atoms with E-state index in [-0.39, 0.29) is 17.9 Å². The summed E-state index contributed by atoms with van der Waals surface area (Å²) in [5.41, 5.74) is 5.08. The third-order valence-electron chi connectivity index (χ3n) is 5.86. The second-order valence-corrected chi connectivity index (χ2v) is 7.13. The number of nitrogens with zero attached hydrogens (tertiary/aromatic N) is 1. The van der Waals surface area contributed by atoms with Gasteiger partial charge >= 0.3 is 5.97 Å². The van der Waals surface area contributed by atoms with E-state index in [1.807, 2.05) is 13.8 Å². The van der Waals surface area contributed by atoms with Crippen LogP contribution >= 0.6 is 0 Å². The van der Waals surface area contributed by atoms with Gasteiger partial charge in [-0.3, -0.25) is 4.79 Å². The van der Waals surface area contributed by atoms with Crippen LogP contribution in [0, 0.1) is 11.3 Å². The molecule has 1 saturated carbocycles. The van der Waals surface area contributed by atoms with Crippen LogP contribution in [-0.2, 0) is 14.3 Å². The molecule has 0 spiro atoms. The van der Waals surface area contributed by atoms with Gasteiger partial charge in [0, 0.05) is 24.5 Å². The Labute approximate surface area is 124 Å². The topological polar surface area (TPSA) is 92.9 Å². The highest BCUT2D eigenvalue weighted by Crippen LogP contribution is 2.58. The van der Waals surface area contributed by atoms with E-state index < -0.39 is 23.0 Å². The number of carbonyl (C=O) groups excluding carboxylic acids is 1. The summed E-state index contributed by atoms with van der Waals surface area (Å²) < 4.78 is 5.71. The number of nitrogens with two attached hydrogens (primary N) is 1. The van der Waals surface area contributed by atoms with Crippen LogP contribution in [0.3, 0.4) is 0 Å². The highest BCUT2D eigenvalue weighted by atomic mass is 16.5. The molecule has 3 rings (SSSR count). The largest absolute Gasteiger partial charge is 0.480 e. The summed E-state index contributed by atoms with van der Waals surface area (Å²) in [6, 6.07) is -0.733. The van der Waals surface area contributed by atoms with E-state index in [1.54, 1.807) is 0 Å². The maximum atomic E-state index is 13.1. The molecule has 0 aromatic carbocycles. The van der Waals surface area contributed by atoms with Crippen molar-refractivity contribution in [2.24, 2.45) is 17.1 Å². The van der Waals surface area contributed by atoms with E-state index >= 15 is 0 Å². The van der Waals surface area contributed by atoms with Crippen molar-refractivity contribution in [3.05, 3.63) is 0 Å². The molecule has 2 saturated heterocycles. The van der Waals surface area contributed by atoms with Gasteiger partial charge in [-0.05, 0) is 25.7 Å². The van der Waals surface area contributed by atoms with Crippen molar-refractivity contribution >= 4 is 11.9 Å². The zero-order valence-electron chi connectivity index (χ0n) is 12.7. The Morgan fingerprint density at radius 2 is 2.00 bits per heavy atom. The minimum atomic E-state index is -1.00. The first-order valence-corrected chi connectivity index (χ1v) is 7.76. The van der Waals surface area contributed by atoms with Gasteiger partial charge < -0.3 is 20.5 Å². The van der Waals surface area contributed by atoms with E-state index in [0.717, 1.165) is 19.3 Å². The maximum absolute atomic E-state index is 13.1. The van der Waals surface area contributed by atoms with Crippen molar-refractivity contribution in [3.63, 3.8) is 0 Å². The molecule has 0 radical (unpaired) electrons. The van der Waals surface area contributed by atoms with Crippen LogP contribution in [0.25, 0.3) is 0 Å². The monoisotopic (exact) mass is 296 g/mol. The van der Waals surface area contributed by atoms with E-state index in [2.05, 4.69) is 0 Å². The van der Waals surface area contributed by atoms with Crippen LogP contribution in [0.4, 0.5) is 0 Å². The number of rotatable bonds is 2. The third-order valence-corrected chi connectivity index (χ3v) is 5.86. The van der Waals surface area contributed by atoms with Gasteiger partial charge in [-0.25, -0.2) is 4.79 Å². The number of hydrogen-bond acceptors (Lipinski definition) is 4. The van der Waals surface area contributed by atoms with Crippen LogP contribution in [0.2, 0.25) is 0 Å². The predicted octanol–water partition coefficient (Wildman–Crippen LogP) is 0.595. The van der Waals surface area contributed by atoms with Crippen LogP contribution < -0.4 is 5.73 Å². The summed E-state index contributed by atoms with van der Waals surface area (Å²) in [6.45, 7) is 5.03. The smallest absolute Gasteiger partial charge is 0.326 e. The highest BCUT2D eigenvalue weighted by Gasteiger charge is 2.72. The molecular formula is C15H24N2O4. The summed E-state index contributed by atoms with van der Waals surface area (Å²) in [5.74, 6) is -1.12. The quantitative estimate of drug-likeness (QED) is 0.778. The minimum Gasteiger partial charge on any atom is -0.480 e. The average molecular weight is 296 g/mol. The fraction of sp³-hybridized carbons (Fsp3) is 0.867. The molecule has 0 aromatic heterocycles. The highest BCUT2D eigenvalue weighted by molar-refractivity contribution is 5.93. The predicted molar refractivity (Wildman–Crippen MR) is 75.5 cm³/mol. The zero-order valence-corrected chi connectivity index (χ0v) is 12.7. The molecule has 3 fully saturated rings. The van der Waals surface area contributed by atoms with E-state index in [9.17, 15) is 14.7 Å². The molecular weight excluding hydrogens is 272 g/mol. The second-order valence-electron chi connectivity index (χ2n) is 7.13. The van der Waals surface area contributed by atoms with Crippen molar-refractivity contribution in [1.82, 2.24) is 4.90 Å². The Bertz CT molecular complexity index is 478. The SMILES string of the molecule is CC1(C)C2OCCC2C1(N)C(=O)N1CCCC[C@@H]1C(=O)O. The third kappa shape index (κ3) is 1.78. The first kappa shape index (κ1) is 14.8. The molecule has 118 valence electrons. The lowest BCUT2D eigenvalue weighted by Crippen LogP contribution is -2.81. The van der Waals surface area contributed by atoms with Gasteiger partial charge in [0.1, 0.15) is 11.6 Å². The molecule has 1 amide bonds. The fourth-order valence-electron chi connectivity index (χ4n) is 4.49. The Morgan fingerprint density at radius 1 is 1.29 bits per heavy atom. The lowest BCUT2D eigenvalue weighted by molar-refractivity contribution is -0.189. The summed E-state index contributed by atoms with van der Waals surface area (Å²) in [6.07, 6.45) is 3.00. The number of hydrogen-bond donors (Lipinski definition) is 2. The molecule has 3 unspecified atom stereocenters. The molecule has 2 heterocycles. The number of fused-ring (bicyclic) bond motifs is 1. The normalized spacial score (nSPS) is 41.3. The van der Waals surface area contributed by atoms with Gasteiger partial charge in [-0.2, -0.15) is 0 Å². The molecule has 0 bridgehead atoms. The Kier molecular flexibility index (Phi) is 3.29. The van der Waals surface area contributed by atoms with Gasteiger partial charge in [-0.1, -0.05) is 13.8 Å². The van der Waals surface area contributed by atoms with Gasteiger partial charge in [-0.15, -0.1) is 0 Å². The van der Waals surface area contributed by atoms with Gasteiger partial charge in [0.05, 0.1) is 6.10 Å². The number of piperidine rings is 1. The number of carbonyl (C=O) groups is 2. The maximum Gasteiger partial charge on any atom is 0.326 e.